The second kappa shape index (κ2) is 5.75. The molecule has 1 aliphatic heterocycles. The van der Waals surface area contributed by atoms with Gasteiger partial charge in [-0.2, -0.15) is 10.2 Å². The molecule has 1 aliphatic rings. The van der Waals surface area contributed by atoms with Crippen molar-refractivity contribution in [1.82, 2.24) is 10.9 Å². The Balaban J connectivity index is 1.85. The van der Waals surface area contributed by atoms with E-state index < -0.39 is 5.92 Å². The standard InChI is InChI=1S/C12H14N4O2S/c1-7-3-4-19-10(7)6-13-15-11(17)5-9-8(2)14-16-12(9)18/h3-4,6,9H,5H2,1-2H3,(H,15,17)(H,16,18)/t9-/m1/s1. The summed E-state index contributed by atoms with van der Waals surface area (Å²) in [5.41, 5.74) is 6.50. The van der Waals surface area contributed by atoms with Crippen LogP contribution in [-0.4, -0.2) is 23.7 Å². The van der Waals surface area contributed by atoms with Crippen molar-refractivity contribution in [3.8, 4) is 0 Å². The highest BCUT2D eigenvalue weighted by Gasteiger charge is 2.28. The molecule has 1 atom stereocenters. The summed E-state index contributed by atoms with van der Waals surface area (Å²) in [6, 6.07) is 1.98. The number of carbonyl (C=O) groups is 2. The average molecular weight is 278 g/mol. The number of thiophene rings is 1. The van der Waals surface area contributed by atoms with Gasteiger partial charge >= 0.3 is 0 Å². The Kier molecular flexibility index (Phi) is 4.06. The van der Waals surface area contributed by atoms with E-state index in [1.54, 1.807) is 24.5 Å². The predicted octanol–water partition coefficient (Wildman–Crippen LogP) is 1.02. The maximum atomic E-state index is 11.6. The molecule has 0 saturated carbocycles. The zero-order valence-electron chi connectivity index (χ0n) is 10.6. The first kappa shape index (κ1) is 13.4. The van der Waals surface area contributed by atoms with Crippen molar-refractivity contribution in [2.45, 2.75) is 20.3 Å². The third-order valence-electron chi connectivity index (χ3n) is 2.83. The molecule has 0 bridgehead atoms. The normalized spacial score (nSPS) is 18.5. The number of hydrogen-bond donors (Lipinski definition) is 2. The molecule has 2 amide bonds. The van der Waals surface area contributed by atoms with Crippen LogP contribution in [0.3, 0.4) is 0 Å². The molecule has 0 fully saturated rings. The number of nitrogens with zero attached hydrogens (tertiary/aromatic N) is 2. The third kappa shape index (κ3) is 3.25. The van der Waals surface area contributed by atoms with Crippen molar-refractivity contribution >= 4 is 35.1 Å². The molecule has 100 valence electrons. The first-order valence-electron chi connectivity index (χ1n) is 5.78. The molecule has 0 radical (unpaired) electrons. The molecule has 0 saturated heterocycles. The fourth-order valence-electron chi connectivity index (χ4n) is 1.64. The Morgan fingerprint density at radius 2 is 2.42 bits per heavy atom. The molecule has 2 N–H and O–H groups in total. The van der Waals surface area contributed by atoms with Gasteiger partial charge in [-0.1, -0.05) is 0 Å². The molecule has 0 aromatic carbocycles. The number of carbonyl (C=O) groups excluding carboxylic acids is 2. The minimum absolute atomic E-state index is 0.0575. The average Bonchev–Trinajstić information content (AvgIpc) is 2.90. The number of amides is 2. The highest BCUT2D eigenvalue weighted by molar-refractivity contribution is 7.11. The lowest BCUT2D eigenvalue weighted by atomic mass is 10.0. The van der Waals surface area contributed by atoms with Crippen LogP contribution in [0.25, 0.3) is 0 Å². The number of aryl methyl sites for hydroxylation is 1. The van der Waals surface area contributed by atoms with Gasteiger partial charge in [-0.05, 0) is 30.9 Å². The summed E-state index contributed by atoms with van der Waals surface area (Å²) in [6.45, 7) is 3.69. The van der Waals surface area contributed by atoms with Gasteiger partial charge in [0.25, 0.3) is 0 Å². The van der Waals surface area contributed by atoms with E-state index in [-0.39, 0.29) is 18.2 Å². The van der Waals surface area contributed by atoms with Crippen molar-refractivity contribution in [1.29, 1.82) is 0 Å². The van der Waals surface area contributed by atoms with Crippen molar-refractivity contribution in [3.05, 3.63) is 21.9 Å². The zero-order chi connectivity index (χ0) is 13.8. The van der Waals surface area contributed by atoms with Gasteiger partial charge < -0.3 is 0 Å². The molecule has 2 heterocycles. The lowest BCUT2D eigenvalue weighted by Crippen LogP contribution is -2.29. The Bertz CT molecular complexity index is 562. The molecule has 2 rings (SSSR count). The van der Waals surface area contributed by atoms with Gasteiger partial charge in [0.15, 0.2) is 0 Å². The molecule has 6 nitrogen and oxygen atoms in total. The van der Waals surface area contributed by atoms with E-state index >= 15 is 0 Å². The SMILES string of the molecule is CC1=NNC(=O)[C@@H]1CC(=O)NN=Cc1sccc1C. The summed E-state index contributed by atoms with van der Waals surface area (Å²) < 4.78 is 0. The molecule has 1 aromatic heterocycles. The zero-order valence-corrected chi connectivity index (χ0v) is 11.5. The van der Waals surface area contributed by atoms with Crippen LogP contribution in [0.15, 0.2) is 21.6 Å². The quantitative estimate of drug-likeness (QED) is 0.636. The monoisotopic (exact) mass is 278 g/mol. The van der Waals surface area contributed by atoms with Crippen LogP contribution in [0.1, 0.15) is 23.8 Å². The van der Waals surface area contributed by atoms with Crippen LogP contribution < -0.4 is 10.9 Å². The van der Waals surface area contributed by atoms with Gasteiger partial charge in [0.05, 0.1) is 12.1 Å². The molecule has 1 aromatic rings. The summed E-state index contributed by atoms with van der Waals surface area (Å²) in [7, 11) is 0. The van der Waals surface area contributed by atoms with Gasteiger partial charge in [-0.25, -0.2) is 10.9 Å². The second-order valence-electron chi connectivity index (χ2n) is 4.25. The number of rotatable bonds is 4. The van der Waals surface area contributed by atoms with Crippen LogP contribution in [0.5, 0.6) is 0 Å². The topological polar surface area (TPSA) is 82.9 Å². The minimum Gasteiger partial charge on any atom is -0.273 e. The van der Waals surface area contributed by atoms with Crippen LogP contribution in [-0.2, 0) is 9.59 Å². The van der Waals surface area contributed by atoms with Crippen LogP contribution in [0, 0.1) is 12.8 Å². The van der Waals surface area contributed by atoms with Crippen molar-refractivity contribution < 1.29 is 9.59 Å². The van der Waals surface area contributed by atoms with Crippen LogP contribution >= 0.6 is 11.3 Å². The second-order valence-corrected chi connectivity index (χ2v) is 5.19. The summed E-state index contributed by atoms with van der Waals surface area (Å²) in [5, 5.41) is 9.63. The predicted molar refractivity (Wildman–Crippen MR) is 74.2 cm³/mol. The Labute approximate surface area is 114 Å². The van der Waals surface area contributed by atoms with Gasteiger partial charge in [0.2, 0.25) is 11.8 Å². The van der Waals surface area contributed by atoms with Gasteiger partial charge in [0.1, 0.15) is 0 Å². The van der Waals surface area contributed by atoms with Crippen molar-refractivity contribution in [3.63, 3.8) is 0 Å². The maximum Gasteiger partial charge on any atom is 0.249 e. The maximum absolute atomic E-state index is 11.6. The fourth-order valence-corrected chi connectivity index (χ4v) is 2.43. The first-order valence-corrected chi connectivity index (χ1v) is 6.66. The first-order chi connectivity index (χ1) is 9.08. The molecule has 0 aliphatic carbocycles. The fraction of sp³-hybridized carbons (Fsp3) is 0.333. The molecule has 7 heteroatoms. The Hall–Kier alpha value is -2.02. The van der Waals surface area contributed by atoms with E-state index in [4.69, 9.17) is 0 Å². The van der Waals surface area contributed by atoms with Crippen molar-refractivity contribution in [2.75, 3.05) is 0 Å². The Morgan fingerprint density at radius 3 is 3.00 bits per heavy atom. The third-order valence-corrected chi connectivity index (χ3v) is 3.78. The number of nitrogens with one attached hydrogen (secondary N) is 2. The van der Waals surface area contributed by atoms with Gasteiger partial charge in [0, 0.05) is 17.0 Å². The van der Waals surface area contributed by atoms with Crippen molar-refractivity contribution in [2.24, 2.45) is 16.1 Å². The highest BCUT2D eigenvalue weighted by atomic mass is 32.1. The molecule has 19 heavy (non-hydrogen) atoms. The summed E-state index contributed by atoms with van der Waals surface area (Å²) >= 11 is 1.55. The van der Waals surface area contributed by atoms with E-state index in [9.17, 15) is 9.59 Å². The summed E-state index contributed by atoms with van der Waals surface area (Å²) in [4.78, 5) is 24.0. The largest absolute Gasteiger partial charge is 0.273 e. The smallest absolute Gasteiger partial charge is 0.249 e. The summed E-state index contributed by atoms with van der Waals surface area (Å²) in [6.07, 6.45) is 1.66. The van der Waals surface area contributed by atoms with E-state index in [0.717, 1.165) is 10.4 Å². The van der Waals surface area contributed by atoms with E-state index in [1.165, 1.54) is 0 Å². The molecule has 0 unspecified atom stereocenters. The van der Waals surface area contributed by atoms with E-state index in [2.05, 4.69) is 21.1 Å². The van der Waals surface area contributed by atoms with Gasteiger partial charge in [-0.15, -0.1) is 11.3 Å². The van der Waals surface area contributed by atoms with Crippen LogP contribution in [0.2, 0.25) is 0 Å². The minimum atomic E-state index is -0.487. The highest BCUT2D eigenvalue weighted by Crippen LogP contribution is 2.13. The van der Waals surface area contributed by atoms with E-state index in [0.29, 0.717) is 5.71 Å². The lowest BCUT2D eigenvalue weighted by Gasteiger charge is -2.05. The number of hydrogen-bond acceptors (Lipinski definition) is 5. The number of hydrazone groups is 2. The van der Waals surface area contributed by atoms with E-state index in [1.807, 2.05) is 18.4 Å². The Morgan fingerprint density at radius 1 is 1.63 bits per heavy atom. The molecular formula is C12H14N4O2S. The summed E-state index contributed by atoms with van der Waals surface area (Å²) in [5.74, 6) is -1.04. The molecular weight excluding hydrogens is 264 g/mol. The molecule has 0 spiro atoms. The van der Waals surface area contributed by atoms with Crippen LogP contribution in [0.4, 0.5) is 0 Å². The lowest BCUT2D eigenvalue weighted by molar-refractivity contribution is -0.127. The van der Waals surface area contributed by atoms with Gasteiger partial charge in [-0.3, -0.25) is 9.59 Å².